The molecule has 0 aliphatic heterocycles. The molecule has 0 heterocycles. The maximum Gasteiger partial charge on any atom is 0.407 e. The molecular formula is C19H37NO2. The van der Waals surface area contributed by atoms with Gasteiger partial charge >= 0.3 is 6.09 Å². The number of hydrogen-bond donors (Lipinski definition) is 1. The Morgan fingerprint density at radius 2 is 1.59 bits per heavy atom. The molecule has 0 bridgehead atoms. The number of hydrogen-bond acceptors (Lipinski definition) is 2. The van der Waals surface area contributed by atoms with Crippen molar-refractivity contribution in [1.82, 2.24) is 5.32 Å². The molecular weight excluding hydrogens is 274 g/mol. The molecule has 3 nitrogen and oxygen atoms in total. The van der Waals surface area contributed by atoms with Crippen LogP contribution in [0.5, 0.6) is 0 Å². The molecule has 1 rings (SSSR count). The molecule has 3 heteroatoms. The van der Waals surface area contributed by atoms with Crippen molar-refractivity contribution in [3.8, 4) is 0 Å². The third-order valence-electron chi connectivity index (χ3n) is 2.76. The molecule has 0 unspecified atom stereocenters. The summed E-state index contributed by atoms with van der Waals surface area (Å²) in [7, 11) is 0. The lowest BCUT2D eigenvalue weighted by molar-refractivity contribution is 0.139. The van der Waals surface area contributed by atoms with Crippen molar-refractivity contribution in [3.63, 3.8) is 0 Å². The van der Waals surface area contributed by atoms with Crippen LogP contribution in [0.15, 0.2) is 30.3 Å². The zero-order chi connectivity index (χ0) is 17.1. The van der Waals surface area contributed by atoms with Crippen LogP contribution >= 0.6 is 0 Å². The third kappa shape index (κ3) is 14.9. The van der Waals surface area contributed by atoms with Gasteiger partial charge in [-0.3, -0.25) is 0 Å². The lowest BCUT2D eigenvalue weighted by Gasteiger charge is -2.06. The van der Waals surface area contributed by atoms with Gasteiger partial charge in [-0.05, 0) is 12.0 Å². The van der Waals surface area contributed by atoms with Gasteiger partial charge in [-0.1, -0.05) is 90.6 Å². The van der Waals surface area contributed by atoms with Crippen LogP contribution in [0.4, 0.5) is 4.79 Å². The fourth-order valence-electron chi connectivity index (χ4n) is 1.69. The van der Waals surface area contributed by atoms with Crippen LogP contribution in [-0.2, 0) is 11.3 Å². The topological polar surface area (TPSA) is 38.3 Å². The molecule has 0 aromatic heterocycles. The number of carbonyl (C=O) groups is 1. The summed E-state index contributed by atoms with van der Waals surface area (Å²) in [6.45, 7) is 11.2. The Hall–Kier alpha value is -1.51. The molecule has 1 aromatic rings. The molecule has 0 atom stereocenters. The van der Waals surface area contributed by atoms with E-state index in [1.165, 1.54) is 25.7 Å². The Morgan fingerprint density at radius 3 is 2.18 bits per heavy atom. The van der Waals surface area contributed by atoms with E-state index < -0.39 is 0 Å². The van der Waals surface area contributed by atoms with E-state index in [0.29, 0.717) is 13.2 Å². The highest BCUT2D eigenvalue weighted by Crippen LogP contribution is 2.02. The van der Waals surface area contributed by atoms with Crippen LogP contribution < -0.4 is 5.32 Å². The number of rotatable bonds is 8. The molecule has 1 amide bonds. The van der Waals surface area contributed by atoms with Crippen molar-refractivity contribution in [2.24, 2.45) is 0 Å². The molecule has 130 valence electrons. The highest BCUT2D eigenvalue weighted by molar-refractivity contribution is 5.67. The number of unbranched alkanes of at least 4 members (excludes halogenated alkanes) is 4. The second-order valence-electron chi connectivity index (χ2n) is 4.40. The van der Waals surface area contributed by atoms with E-state index in [2.05, 4.69) is 12.2 Å². The lowest BCUT2D eigenvalue weighted by atomic mass is 10.1. The Bertz CT molecular complexity index is 331. The summed E-state index contributed by atoms with van der Waals surface area (Å²) >= 11 is 0. The minimum Gasteiger partial charge on any atom is -0.445 e. The summed E-state index contributed by atoms with van der Waals surface area (Å²) in [5.74, 6) is 0. The van der Waals surface area contributed by atoms with Gasteiger partial charge in [0.05, 0.1) is 0 Å². The summed E-state index contributed by atoms with van der Waals surface area (Å²) in [5.41, 5.74) is 1.01. The second-order valence-corrected chi connectivity index (χ2v) is 4.40. The Kier molecular flexibility index (Phi) is 20.2. The third-order valence-corrected chi connectivity index (χ3v) is 2.76. The highest BCUT2D eigenvalue weighted by Gasteiger charge is 2.01. The van der Waals surface area contributed by atoms with Gasteiger partial charge in [0.2, 0.25) is 0 Å². The van der Waals surface area contributed by atoms with Crippen molar-refractivity contribution < 1.29 is 11.0 Å². The van der Waals surface area contributed by atoms with Gasteiger partial charge in [0, 0.05) is 7.97 Å². The predicted molar refractivity (Wildman–Crippen MR) is 98.2 cm³/mol. The molecule has 0 aliphatic carbocycles. The monoisotopic (exact) mass is 311 g/mol. The first-order valence-corrected chi connectivity index (χ1v) is 8.77. The Labute approximate surface area is 138 Å². The van der Waals surface area contributed by atoms with E-state index in [-0.39, 0.29) is 7.52 Å². The average Bonchev–Trinajstić information content (AvgIpc) is 2.60. The lowest BCUT2D eigenvalue weighted by Crippen LogP contribution is -2.25. The quantitative estimate of drug-likeness (QED) is 0.582. The Morgan fingerprint density at radius 1 is 1.00 bits per heavy atom. The summed E-state index contributed by atoms with van der Waals surface area (Å²) < 4.78 is 5.11. The van der Waals surface area contributed by atoms with Gasteiger partial charge in [-0.2, -0.15) is 0 Å². The SMILES string of the molecule is CC.CC.CCCCCCCNC(=O)OCc1ccccc1.[HH]. The van der Waals surface area contributed by atoms with E-state index >= 15 is 0 Å². The Balaban J connectivity index is -0.000000739. The first kappa shape index (κ1) is 22.8. The summed E-state index contributed by atoms with van der Waals surface area (Å²) in [5, 5.41) is 2.77. The van der Waals surface area contributed by atoms with Crippen molar-refractivity contribution in [1.29, 1.82) is 0 Å². The molecule has 0 fully saturated rings. The van der Waals surface area contributed by atoms with E-state index in [0.717, 1.165) is 12.0 Å². The molecule has 0 radical (unpaired) electrons. The minimum atomic E-state index is -0.325. The molecule has 0 saturated carbocycles. The van der Waals surface area contributed by atoms with Crippen molar-refractivity contribution in [2.75, 3.05) is 6.54 Å². The maximum atomic E-state index is 11.4. The van der Waals surface area contributed by atoms with Crippen LogP contribution in [0.25, 0.3) is 0 Å². The normalized spacial score (nSPS) is 8.77. The first-order valence-electron chi connectivity index (χ1n) is 8.77. The number of nitrogens with one attached hydrogen (secondary N) is 1. The van der Waals surface area contributed by atoms with Crippen molar-refractivity contribution in [3.05, 3.63) is 35.9 Å². The molecule has 22 heavy (non-hydrogen) atoms. The highest BCUT2D eigenvalue weighted by atomic mass is 16.5. The average molecular weight is 312 g/mol. The van der Waals surface area contributed by atoms with Crippen LogP contribution in [-0.4, -0.2) is 12.6 Å². The number of alkyl carbamates (subject to hydrolysis) is 1. The maximum absolute atomic E-state index is 11.4. The molecule has 1 N–H and O–H groups in total. The summed E-state index contributed by atoms with van der Waals surface area (Å²) in [4.78, 5) is 11.4. The summed E-state index contributed by atoms with van der Waals surface area (Å²) in [6, 6.07) is 9.70. The zero-order valence-electron chi connectivity index (χ0n) is 15.2. The van der Waals surface area contributed by atoms with Gasteiger partial charge in [-0.25, -0.2) is 4.79 Å². The van der Waals surface area contributed by atoms with Crippen LogP contribution in [0.3, 0.4) is 0 Å². The minimum absolute atomic E-state index is 0. The smallest absolute Gasteiger partial charge is 0.407 e. The van der Waals surface area contributed by atoms with E-state index in [1.807, 2.05) is 58.0 Å². The molecule has 0 saturated heterocycles. The van der Waals surface area contributed by atoms with Gasteiger partial charge in [-0.15, -0.1) is 0 Å². The van der Waals surface area contributed by atoms with Gasteiger partial charge in [0.25, 0.3) is 0 Å². The number of carbonyl (C=O) groups excluding carboxylic acids is 1. The van der Waals surface area contributed by atoms with E-state index in [1.54, 1.807) is 0 Å². The molecule has 1 aromatic carbocycles. The zero-order valence-corrected chi connectivity index (χ0v) is 15.2. The van der Waals surface area contributed by atoms with E-state index in [9.17, 15) is 4.79 Å². The fraction of sp³-hybridized carbons (Fsp3) is 0.632. The van der Waals surface area contributed by atoms with Crippen LogP contribution in [0, 0.1) is 0 Å². The first-order chi connectivity index (χ1) is 10.8. The fourth-order valence-corrected chi connectivity index (χ4v) is 1.69. The van der Waals surface area contributed by atoms with Crippen molar-refractivity contribution in [2.45, 2.75) is 73.3 Å². The van der Waals surface area contributed by atoms with Crippen molar-refractivity contribution >= 4 is 6.09 Å². The van der Waals surface area contributed by atoms with E-state index in [4.69, 9.17) is 4.74 Å². The molecule has 0 aliphatic rings. The predicted octanol–water partition coefficient (Wildman–Crippen LogP) is 6.18. The molecule has 0 spiro atoms. The standard InChI is InChI=1S/C15H23NO2.2C2H6.H2/c1-2-3-4-5-9-12-16-15(17)18-13-14-10-7-6-8-11-14;2*1-2;/h6-8,10-11H,2-5,9,12-13H2,1H3,(H,16,17);2*1-2H3;1H. The number of benzene rings is 1. The van der Waals surface area contributed by atoms with Gasteiger partial charge in [0.15, 0.2) is 0 Å². The van der Waals surface area contributed by atoms with Crippen LogP contribution in [0.2, 0.25) is 0 Å². The summed E-state index contributed by atoms with van der Waals surface area (Å²) in [6.07, 6.45) is 5.64. The van der Waals surface area contributed by atoms with Crippen LogP contribution in [0.1, 0.15) is 73.7 Å². The number of ether oxygens (including phenoxy) is 1. The van der Waals surface area contributed by atoms with Gasteiger partial charge in [0.1, 0.15) is 6.61 Å². The number of amides is 1. The largest absolute Gasteiger partial charge is 0.445 e. The van der Waals surface area contributed by atoms with Gasteiger partial charge < -0.3 is 10.1 Å². The second kappa shape index (κ2) is 19.5.